The van der Waals surface area contributed by atoms with E-state index in [1.807, 2.05) is 23.1 Å². The van der Waals surface area contributed by atoms with E-state index in [2.05, 4.69) is 15.3 Å². The van der Waals surface area contributed by atoms with Crippen molar-refractivity contribution in [2.75, 3.05) is 32.8 Å². The second-order valence-electron chi connectivity index (χ2n) is 7.61. The zero-order chi connectivity index (χ0) is 18.1. The van der Waals surface area contributed by atoms with Gasteiger partial charge in [-0.3, -0.25) is 4.79 Å². The number of H-pyrrole nitrogens is 1. The van der Waals surface area contributed by atoms with Crippen LogP contribution in [0.25, 0.3) is 11.0 Å². The van der Waals surface area contributed by atoms with Gasteiger partial charge in [0.05, 0.1) is 11.0 Å². The molecule has 0 bridgehead atoms. The van der Waals surface area contributed by atoms with E-state index < -0.39 is 0 Å². The highest BCUT2D eigenvalue weighted by atomic mass is 35.5. The highest BCUT2D eigenvalue weighted by Crippen LogP contribution is 2.43. The van der Waals surface area contributed by atoms with Crippen LogP contribution in [0.2, 0.25) is 5.02 Å². The van der Waals surface area contributed by atoms with Crippen LogP contribution in [0.1, 0.15) is 25.1 Å². The summed E-state index contributed by atoms with van der Waals surface area (Å²) >= 11 is 6.01. The Bertz CT molecular complexity index is 804. The predicted octanol–water partition coefficient (Wildman–Crippen LogP) is 2.39. The molecule has 1 amide bonds. The Morgan fingerprint density at radius 3 is 2.89 bits per heavy atom. The van der Waals surface area contributed by atoms with Crippen molar-refractivity contribution in [3.63, 3.8) is 0 Å². The second kappa shape index (κ2) is 8.35. The van der Waals surface area contributed by atoms with Gasteiger partial charge < -0.3 is 20.3 Å². The van der Waals surface area contributed by atoms with Crippen molar-refractivity contribution in [3.8, 4) is 0 Å². The van der Waals surface area contributed by atoms with Crippen molar-refractivity contribution in [1.82, 2.24) is 20.2 Å². The number of aromatic amines is 1. The standard InChI is InChI=1S/C19H25ClN4O2.ClH/c20-14-1-2-15-16(9-14)23-17(22-15)3-4-18(26)24-10-13(11-25)19(12-24)5-7-21-8-6-19;/h1-2,9,13,21,25H,3-8,10-12H2,(H,22,23);1H. The molecule has 148 valence electrons. The average Bonchev–Trinajstić information content (AvgIpc) is 3.21. The van der Waals surface area contributed by atoms with Crippen LogP contribution in [-0.2, 0) is 11.2 Å². The van der Waals surface area contributed by atoms with E-state index in [-0.39, 0.29) is 36.3 Å². The summed E-state index contributed by atoms with van der Waals surface area (Å²) in [6.45, 7) is 3.55. The fourth-order valence-corrected chi connectivity index (χ4v) is 4.67. The summed E-state index contributed by atoms with van der Waals surface area (Å²) in [7, 11) is 0. The van der Waals surface area contributed by atoms with Crippen LogP contribution in [-0.4, -0.2) is 58.7 Å². The van der Waals surface area contributed by atoms with Gasteiger partial charge in [0, 0.05) is 43.5 Å². The quantitative estimate of drug-likeness (QED) is 0.719. The third-order valence-electron chi connectivity index (χ3n) is 6.05. The summed E-state index contributed by atoms with van der Waals surface area (Å²) in [6, 6.07) is 5.55. The molecule has 27 heavy (non-hydrogen) atoms. The molecule has 1 unspecified atom stereocenters. The summed E-state index contributed by atoms with van der Waals surface area (Å²) in [5.41, 5.74) is 1.85. The number of halogens is 2. The minimum Gasteiger partial charge on any atom is -0.396 e. The number of aliphatic hydroxyl groups excluding tert-OH is 1. The molecule has 1 aromatic carbocycles. The molecule has 1 aromatic heterocycles. The highest BCUT2D eigenvalue weighted by Gasteiger charge is 2.47. The maximum absolute atomic E-state index is 12.7. The van der Waals surface area contributed by atoms with E-state index in [1.165, 1.54) is 0 Å². The van der Waals surface area contributed by atoms with Gasteiger partial charge >= 0.3 is 0 Å². The zero-order valence-electron chi connectivity index (χ0n) is 15.2. The van der Waals surface area contributed by atoms with Crippen LogP contribution >= 0.6 is 24.0 Å². The van der Waals surface area contributed by atoms with E-state index in [9.17, 15) is 9.90 Å². The summed E-state index contributed by atoms with van der Waals surface area (Å²) in [6.07, 6.45) is 3.08. The number of aryl methyl sites for hydroxylation is 1. The van der Waals surface area contributed by atoms with Gasteiger partial charge in [0.25, 0.3) is 0 Å². The number of nitrogens with zero attached hydrogens (tertiary/aromatic N) is 2. The van der Waals surface area contributed by atoms with E-state index >= 15 is 0 Å². The molecular weight excluding hydrogens is 387 g/mol. The number of hydrogen-bond acceptors (Lipinski definition) is 4. The number of piperidine rings is 1. The first-order valence-electron chi connectivity index (χ1n) is 9.33. The molecule has 0 aliphatic carbocycles. The largest absolute Gasteiger partial charge is 0.396 e. The van der Waals surface area contributed by atoms with E-state index in [0.717, 1.165) is 49.3 Å². The number of hydrogen-bond donors (Lipinski definition) is 3. The molecule has 8 heteroatoms. The molecule has 2 aliphatic rings. The Labute approximate surface area is 170 Å². The van der Waals surface area contributed by atoms with E-state index in [1.54, 1.807) is 0 Å². The molecule has 2 saturated heterocycles. The second-order valence-corrected chi connectivity index (χ2v) is 8.05. The summed E-state index contributed by atoms with van der Waals surface area (Å²) in [5, 5.41) is 13.9. The zero-order valence-corrected chi connectivity index (χ0v) is 16.8. The van der Waals surface area contributed by atoms with Crippen LogP contribution in [0.4, 0.5) is 0 Å². The topological polar surface area (TPSA) is 81.2 Å². The number of imidazole rings is 1. The number of carbonyl (C=O) groups excluding carboxylic acids is 1. The lowest BCUT2D eigenvalue weighted by atomic mass is 9.71. The van der Waals surface area contributed by atoms with Gasteiger partial charge in [-0.05, 0) is 49.5 Å². The fraction of sp³-hybridized carbons (Fsp3) is 0.579. The van der Waals surface area contributed by atoms with Gasteiger partial charge in [-0.2, -0.15) is 0 Å². The lowest BCUT2D eigenvalue weighted by Gasteiger charge is -2.37. The van der Waals surface area contributed by atoms with Gasteiger partial charge in [0.15, 0.2) is 0 Å². The Hall–Kier alpha value is -1.34. The van der Waals surface area contributed by atoms with Gasteiger partial charge in [-0.25, -0.2) is 4.98 Å². The van der Waals surface area contributed by atoms with Crippen molar-refractivity contribution in [2.24, 2.45) is 11.3 Å². The minimum absolute atomic E-state index is 0. The third kappa shape index (κ3) is 4.09. The van der Waals surface area contributed by atoms with Gasteiger partial charge in [0.1, 0.15) is 5.82 Å². The number of aliphatic hydroxyl groups is 1. The third-order valence-corrected chi connectivity index (χ3v) is 6.29. The Morgan fingerprint density at radius 2 is 2.15 bits per heavy atom. The van der Waals surface area contributed by atoms with Crippen LogP contribution < -0.4 is 5.32 Å². The van der Waals surface area contributed by atoms with Crippen molar-refractivity contribution in [1.29, 1.82) is 0 Å². The van der Waals surface area contributed by atoms with Gasteiger partial charge in [-0.15, -0.1) is 12.4 Å². The van der Waals surface area contributed by atoms with Crippen LogP contribution in [0.3, 0.4) is 0 Å². The number of fused-ring (bicyclic) bond motifs is 1. The molecule has 4 rings (SSSR count). The summed E-state index contributed by atoms with van der Waals surface area (Å²) in [4.78, 5) is 22.5. The first kappa shape index (κ1) is 20.4. The molecule has 6 nitrogen and oxygen atoms in total. The molecule has 3 N–H and O–H groups in total. The average molecular weight is 413 g/mol. The first-order chi connectivity index (χ1) is 12.6. The summed E-state index contributed by atoms with van der Waals surface area (Å²) in [5.74, 6) is 1.16. The molecule has 1 atom stereocenters. The number of rotatable bonds is 4. The van der Waals surface area contributed by atoms with Crippen molar-refractivity contribution >= 4 is 40.9 Å². The SMILES string of the molecule is Cl.O=C(CCc1nc2ccc(Cl)cc2[nH]1)N1CC(CO)C2(CCNCC2)C1. The normalized spacial score (nSPS) is 21.6. The van der Waals surface area contributed by atoms with Crippen molar-refractivity contribution < 1.29 is 9.90 Å². The molecule has 0 saturated carbocycles. The Kier molecular flexibility index (Phi) is 6.31. The number of amides is 1. The molecular formula is C19H26Cl2N4O2. The maximum Gasteiger partial charge on any atom is 0.223 e. The van der Waals surface area contributed by atoms with E-state index in [0.29, 0.717) is 24.4 Å². The Morgan fingerprint density at radius 1 is 1.37 bits per heavy atom. The Balaban J connectivity index is 0.00000210. The number of likely N-dealkylation sites (tertiary alicyclic amines) is 1. The highest BCUT2D eigenvalue weighted by molar-refractivity contribution is 6.31. The van der Waals surface area contributed by atoms with Crippen LogP contribution in [0.15, 0.2) is 18.2 Å². The molecule has 3 heterocycles. The molecule has 2 aliphatic heterocycles. The monoisotopic (exact) mass is 412 g/mol. The summed E-state index contributed by atoms with van der Waals surface area (Å²) < 4.78 is 0. The molecule has 2 fully saturated rings. The fourth-order valence-electron chi connectivity index (χ4n) is 4.50. The minimum atomic E-state index is 0. The molecule has 1 spiro atoms. The van der Waals surface area contributed by atoms with Crippen LogP contribution in [0.5, 0.6) is 0 Å². The number of aromatic nitrogens is 2. The molecule has 2 aromatic rings. The molecule has 0 radical (unpaired) electrons. The van der Waals surface area contributed by atoms with Gasteiger partial charge in [-0.1, -0.05) is 11.6 Å². The smallest absolute Gasteiger partial charge is 0.223 e. The van der Waals surface area contributed by atoms with Crippen molar-refractivity contribution in [3.05, 3.63) is 29.0 Å². The number of benzene rings is 1. The van der Waals surface area contributed by atoms with E-state index in [4.69, 9.17) is 11.6 Å². The van der Waals surface area contributed by atoms with Gasteiger partial charge in [0.2, 0.25) is 5.91 Å². The predicted molar refractivity (Wildman–Crippen MR) is 108 cm³/mol. The van der Waals surface area contributed by atoms with Crippen molar-refractivity contribution in [2.45, 2.75) is 25.7 Å². The first-order valence-corrected chi connectivity index (χ1v) is 9.71. The number of nitrogens with one attached hydrogen (secondary N) is 2. The maximum atomic E-state index is 12.7. The lowest BCUT2D eigenvalue weighted by Crippen LogP contribution is -2.43. The lowest BCUT2D eigenvalue weighted by molar-refractivity contribution is -0.130. The van der Waals surface area contributed by atoms with Crippen LogP contribution in [0, 0.1) is 11.3 Å². The number of carbonyl (C=O) groups is 1.